The smallest absolute Gasteiger partial charge is 0.237 e. The Hall–Kier alpha value is -0.610. The highest BCUT2D eigenvalue weighted by molar-refractivity contribution is 5.81. The lowest BCUT2D eigenvalue weighted by molar-refractivity contribution is -0.123. The second kappa shape index (κ2) is 6.86. The van der Waals surface area contributed by atoms with E-state index in [1.54, 1.807) is 7.11 Å². The van der Waals surface area contributed by atoms with Gasteiger partial charge in [-0.15, -0.1) is 0 Å². The average Bonchev–Trinajstić information content (AvgIpc) is 3.02. The molecule has 2 atom stereocenters. The second-order valence-electron chi connectivity index (χ2n) is 4.61. The summed E-state index contributed by atoms with van der Waals surface area (Å²) in [6.07, 6.45) is 4.40. The van der Waals surface area contributed by atoms with Gasteiger partial charge in [-0.1, -0.05) is 13.3 Å². The average molecular weight is 228 g/mol. The van der Waals surface area contributed by atoms with Crippen LogP contribution in [0.2, 0.25) is 0 Å². The summed E-state index contributed by atoms with van der Waals surface area (Å²) in [6, 6.07) is 0.575. The van der Waals surface area contributed by atoms with Crippen LogP contribution in [0.25, 0.3) is 0 Å². The zero-order valence-corrected chi connectivity index (χ0v) is 10.6. The quantitative estimate of drug-likeness (QED) is 0.653. The highest BCUT2D eigenvalue weighted by atomic mass is 16.5. The molecule has 0 aliphatic heterocycles. The molecule has 1 rings (SSSR count). The lowest BCUT2D eigenvalue weighted by Gasteiger charge is -2.21. The number of amides is 1. The minimum atomic E-state index is -0.132. The summed E-state index contributed by atoms with van der Waals surface area (Å²) < 4.78 is 5.14. The molecule has 16 heavy (non-hydrogen) atoms. The number of nitrogens with one attached hydrogen (secondary N) is 2. The standard InChI is InChI=1S/C12H24N2O2/c1-4-5-11(8-16-3)13-9(2)12(15)14-10-6-7-10/h9-11,13H,4-8H2,1-3H3,(H,14,15). The van der Waals surface area contributed by atoms with Crippen LogP contribution >= 0.6 is 0 Å². The zero-order chi connectivity index (χ0) is 12.0. The Bertz CT molecular complexity index is 211. The number of hydrogen-bond acceptors (Lipinski definition) is 3. The van der Waals surface area contributed by atoms with E-state index >= 15 is 0 Å². The molecule has 4 heteroatoms. The molecule has 0 bridgehead atoms. The van der Waals surface area contributed by atoms with Crippen LogP contribution in [0, 0.1) is 0 Å². The van der Waals surface area contributed by atoms with E-state index in [2.05, 4.69) is 17.6 Å². The minimum absolute atomic E-state index is 0.111. The summed E-state index contributed by atoms with van der Waals surface area (Å²) in [4.78, 5) is 11.7. The zero-order valence-electron chi connectivity index (χ0n) is 10.6. The summed E-state index contributed by atoms with van der Waals surface area (Å²) in [5.74, 6) is 0.111. The second-order valence-corrected chi connectivity index (χ2v) is 4.61. The van der Waals surface area contributed by atoms with Crippen molar-refractivity contribution in [2.75, 3.05) is 13.7 Å². The molecule has 1 aliphatic rings. The summed E-state index contributed by atoms with van der Waals surface area (Å²) >= 11 is 0. The lowest BCUT2D eigenvalue weighted by atomic mass is 10.1. The Morgan fingerprint density at radius 3 is 2.69 bits per heavy atom. The van der Waals surface area contributed by atoms with E-state index < -0.39 is 0 Å². The third kappa shape index (κ3) is 4.94. The van der Waals surface area contributed by atoms with Gasteiger partial charge in [0.05, 0.1) is 12.6 Å². The Kier molecular flexibility index (Phi) is 5.77. The van der Waals surface area contributed by atoms with Crippen LogP contribution in [0.5, 0.6) is 0 Å². The van der Waals surface area contributed by atoms with Gasteiger partial charge in [0.2, 0.25) is 5.91 Å². The fourth-order valence-corrected chi connectivity index (χ4v) is 1.75. The van der Waals surface area contributed by atoms with E-state index in [9.17, 15) is 4.79 Å². The highest BCUT2D eigenvalue weighted by Gasteiger charge is 2.26. The van der Waals surface area contributed by atoms with E-state index in [0.717, 1.165) is 25.7 Å². The van der Waals surface area contributed by atoms with Gasteiger partial charge < -0.3 is 15.4 Å². The molecule has 1 aliphatic carbocycles. The lowest BCUT2D eigenvalue weighted by Crippen LogP contribution is -2.48. The van der Waals surface area contributed by atoms with Gasteiger partial charge in [-0.3, -0.25) is 4.79 Å². The Morgan fingerprint density at radius 2 is 2.19 bits per heavy atom. The Labute approximate surface area is 98.1 Å². The fourth-order valence-electron chi connectivity index (χ4n) is 1.75. The molecule has 1 amide bonds. The third-order valence-corrected chi connectivity index (χ3v) is 2.81. The van der Waals surface area contributed by atoms with Crippen LogP contribution < -0.4 is 10.6 Å². The number of methoxy groups -OCH3 is 1. The maximum absolute atomic E-state index is 11.7. The van der Waals surface area contributed by atoms with Crippen LogP contribution in [0.3, 0.4) is 0 Å². The summed E-state index contributed by atoms with van der Waals surface area (Å²) in [5.41, 5.74) is 0. The molecule has 0 saturated heterocycles. The summed E-state index contributed by atoms with van der Waals surface area (Å²) in [7, 11) is 1.69. The van der Waals surface area contributed by atoms with Crippen molar-refractivity contribution in [1.82, 2.24) is 10.6 Å². The summed E-state index contributed by atoms with van der Waals surface area (Å²) in [6.45, 7) is 4.71. The molecule has 2 N–H and O–H groups in total. The third-order valence-electron chi connectivity index (χ3n) is 2.81. The van der Waals surface area contributed by atoms with Crippen molar-refractivity contribution in [3.8, 4) is 0 Å². The van der Waals surface area contributed by atoms with Crippen molar-refractivity contribution in [3.05, 3.63) is 0 Å². The van der Waals surface area contributed by atoms with Crippen molar-refractivity contribution in [1.29, 1.82) is 0 Å². The SMILES string of the molecule is CCCC(COC)NC(C)C(=O)NC1CC1. The molecule has 0 spiro atoms. The first kappa shape index (κ1) is 13.5. The molecule has 0 aromatic rings. The van der Waals surface area contributed by atoms with Crippen molar-refractivity contribution in [2.45, 2.75) is 57.7 Å². The van der Waals surface area contributed by atoms with Crippen LogP contribution in [-0.4, -0.2) is 37.7 Å². The molecule has 1 saturated carbocycles. The topological polar surface area (TPSA) is 50.4 Å². The maximum atomic E-state index is 11.7. The predicted molar refractivity (Wildman–Crippen MR) is 64.3 cm³/mol. The van der Waals surface area contributed by atoms with Gasteiger partial charge in [0, 0.05) is 19.2 Å². The number of carbonyl (C=O) groups is 1. The minimum Gasteiger partial charge on any atom is -0.383 e. The van der Waals surface area contributed by atoms with Crippen LogP contribution in [-0.2, 0) is 9.53 Å². The molecule has 1 fully saturated rings. The van der Waals surface area contributed by atoms with Crippen LogP contribution in [0.4, 0.5) is 0 Å². The molecule has 0 aromatic heterocycles. The van der Waals surface area contributed by atoms with Gasteiger partial charge >= 0.3 is 0 Å². The largest absolute Gasteiger partial charge is 0.383 e. The summed E-state index contributed by atoms with van der Waals surface area (Å²) in [5, 5.41) is 6.32. The van der Waals surface area contributed by atoms with Gasteiger partial charge in [-0.2, -0.15) is 0 Å². The molecule has 0 aromatic carbocycles. The van der Waals surface area contributed by atoms with Crippen molar-refractivity contribution < 1.29 is 9.53 Å². The van der Waals surface area contributed by atoms with Gasteiger partial charge in [-0.05, 0) is 26.2 Å². The normalized spacial score (nSPS) is 19.2. The predicted octanol–water partition coefficient (Wildman–Crippen LogP) is 1.06. The molecular formula is C12H24N2O2. The van der Waals surface area contributed by atoms with E-state index in [1.165, 1.54) is 0 Å². The van der Waals surface area contributed by atoms with E-state index in [4.69, 9.17) is 4.74 Å². The van der Waals surface area contributed by atoms with Gasteiger partial charge in [-0.25, -0.2) is 0 Å². The molecule has 4 nitrogen and oxygen atoms in total. The maximum Gasteiger partial charge on any atom is 0.237 e. The molecular weight excluding hydrogens is 204 g/mol. The number of carbonyl (C=O) groups excluding carboxylic acids is 1. The van der Waals surface area contributed by atoms with Crippen LogP contribution in [0.15, 0.2) is 0 Å². The first-order valence-corrected chi connectivity index (χ1v) is 6.22. The Morgan fingerprint density at radius 1 is 1.50 bits per heavy atom. The van der Waals surface area contributed by atoms with Gasteiger partial charge in [0.25, 0.3) is 0 Å². The highest BCUT2D eigenvalue weighted by Crippen LogP contribution is 2.18. The first-order valence-electron chi connectivity index (χ1n) is 6.22. The molecule has 94 valence electrons. The van der Waals surface area contributed by atoms with Crippen molar-refractivity contribution in [3.63, 3.8) is 0 Å². The number of ether oxygens (including phenoxy) is 1. The van der Waals surface area contributed by atoms with E-state index in [0.29, 0.717) is 12.6 Å². The number of hydrogen-bond donors (Lipinski definition) is 2. The first-order chi connectivity index (χ1) is 7.67. The van der Waals surface area contributed by atoms with E-state index in [-0.39, 0.29) is 18.0 Å². The van der Waals surface area contributed by atoms with Crippen LogP contribution in [0.1, 0.15) is 39.5 Å². The monoisotopic (exact) mass is 228 g/mol. The molecule has 0 radical (unpaired) electrons. The van der Waals surface area contributed by atoms with Gasteiger partial charge in [0.1, 0.15) is 0 Å². The molecule has 0 heterocycles. The van der Waals surface area contributed by atoms with Crippen molar-refractivity contribution >= 4 is 5.91 Å². The molecule has 2 unspecified atom stereocenters. The van der Waals surface area contributed by atoms with Crippen molar-refractivity contribution in [2.24, 2.45) is 0 Å². The number of rotatable bonds is 8. The van der Waals surface area contributed by atoms with E-state index in [1.807, 2.05) is 6.92 Å². The fraction of sp³-hybridized carbons (Fsp3) is 0.917. The van der Waals surface area contributed by atoms with Gasteiger partial charge in [0.15, 0.2) is 0 Å². The Balaban J connectivity index is 2.27.